The quantitative estimate of drug-likeness (QED) is 0.830. The van der Waals surface area contributed by atoms with Crippen LogP contribution >= 0.6 is 35.0 Å². The summed E-state index contributed by atoms with van der Waals surface area (Å²) in [4.78, 5) is 0. The van der Waals surface area contributed by atoms with Gasteiger partial charge in [0, 0.05) is 15.7 Å². The lowest BCUT2D eigenvalue weighted by molar-refractivity contribution is 0.864. The van der Waals surface area contributed by atoms with E-state index in [0.29, 0.717) is 12.4 Å². The Morgan fingerprint density at radius 1 is 1.12 bits per heavy atom. The molecule has 16 heavy (non-hydrogen) atoms. The van der Waals surface area contributed by atoms with Gasteiger partial charge in [-0.25, -0.2) is 0 Å². The molecule has 0 saturated heterocycles. The monoisotopic (exact) mass is 349 g/mol. The third-order valence-electron chi connectivity index (χ3n) is 1.86. The van der Waals surface area contributed by atoms with E-state index < -0.39 is 0 Å². The molecule has 0 fully saturated rings. The molecule has 0 spiro atoms. The molecule has 2 aromatic rings. The molecule has 0 radical (unpaired) electrons. The van der Waals surface area contributed by atoms with E-state index in [9.17, 15) is 0 Å². The number of nitrogens with zero attached hydrogens (tertiary/aromatic N) is 4. The summed E-state index contributed by atoms with van der Waals surface area (Å²) in [7, 11) is 0. The zero-order valence-electron chi connectivity index (χ0n) is 8.17. The lowest BCUT2D eigenvalue weighted by atomic mass is 10.1. The van der Waals surface area contributed by atoms with E-state index in [1.54, 1.807) is 0 Å². The van der Waals surface area contributed by atoms with Crippen LogP contribution in [0.5, 0.6) is 0 Å². The average molecular weight is 350 g/mol. The second kappa shape index (κ2) is 6.02. The van der Waals surface area contributed by atoms with Gasteiger partial charge in [-0.05, 0) is 46.4 Å². The van der Waals surface area contributed by atoms with Crippen LogP contribution in [-0.2, 0) is 6.54 Å². The topological polar surface area (TPSA) is 77.6 Å². The lowest BCUT2D eigenvalue weighted by Crippen LogP contribution is -1.99. The third-order valence-corrected chi connectivity index (χ3v) is 2.48. The molecule has 1 aromatic carbocycles. The smallest absolute Gasteiger partial charge is 0.203 e. The van der Waals surface area contributed by atoms with E-state index in [-0.39, 0.29) is 12.4 Å². The number of hydrogen-bond acceptors (Lipinski definition) is 5. The van der Waals surface area contributed by atoms with E-state index in [1.165, 1.54) is 6.33 Å². The van der Waals surface area contributed by atoms with Gasteiger partial charge < -0.3 is 5.73 Å². The van der Waals surface area contributed by atoms with Gasteiger partial charge in [0.05, 0.1) is 0 Å². The Morgan fingerprint density at radius 2 is 1.81 bits per heavy atom. The molecule has 0 amide bonds. The molecular formula is C9H9ClIN5. The summed E-state index contributed by atoms with van der Waals surface area (Å²) in [6, 6.07) is 5.94. The molecule has 0 aliphatic carbocycles. The molecule has 5 nitrogen and oxygen atoms in total. The van der Waals surface area contributed by atoms with E-state index in [1.807, 2.05) is 18.2 Å². The molecule has 0 aliphatic rings. The minimum absolute atomic E-state index is 0. The van der Waals surface area contributed by atoms with Crippen molar-refractivity contribution in [1.29, 1.82) is 0 Å². The van der Waals surface area contributed by atoms with Crippen molar-refractivity contribution >= 4 is 35.0 Å². The Hall–Kier alpha value is -0.860. The highest BCUT2D eigenvalue weighted by Gasteiger charge is 2.04. The molecule has 84 valence electrons. The summed E-state index contributed by atoms with van der Waals surface area (Å²) in [5, 5.41) is 15.2. The molecule has 0 atom stereocenters. The van der Waals surface area contributed by atoms with Crippen LogP contribution in [-0.4, -0.2) is 20.4 Å². The van der Waals surface area contributed by atoms with Crippen molar-refractivity contribution in [2.75, 3.05) is 0 Å². The number of benzene rings is 1. The van der Waals surface area contributed by atoms with E-state index in [0.717, 1.165) is 14.7 Å². The number of nitrogens with two attached hydrogens (primary N) is 1. The summed E-state index contributed by atoms with van der Waals surface area (Å²) >= 11 is 2.23. The molecule has 1 heterocycles. The largest absolute Gasteiger partial charge is 0.326 e. The molecule has 2 N–H and O–H groups in total. The normalized spacial score (nSPS) is 9.62. The first-order valence-corrected chi connectivity index (χ1v) is 5.38. The molecule has 1 aromatic heterocycles. The van der Waals surface area contributed by atoms with Gasteiger partial charge in [-0.1, -0.05) is 0 Å². The molecule has 2 rings (SSSR count). The Labute approximate surface area is 112 Å². The second-order valence-electron chi connectivity index (χ2n) is 2.92. The summed E-state index contributed by atoms with van der Waals surface area (Å²) < 4.78 is 1.10. The first-order valence-electron chi connectivity index (χ1n) is 4.30. The third kappa shape index (κ3) is 3.06. The fraction of sp³-hybridized carbons (Fsp3) is 0.111. The van der Waals surface area contributed by atoms with Crippen LogP contribution in [0.3, 0.4) is 0 Å². The fourth-order valence-electron chi connectivity index (χ4n) is 1.22. The molecular weight excluding hydrogens is 340 g/mol. The van der Waals surface area contributed by atoms with Crippen LogP contribution in [0.25, 0.3) is 11.4 Å². The van der Waals surface area contributed by atoms with Crippen molar-refractivity contribution in [3.8, 4) is 11.4 Å². The molecule has 7 heteroatoms. The van der Waals surface area contributed by atoms with Crippen molar-refractivity contribution in [1.82, 2.24) is 20.4 Å². The Kier molecular flexibility index (Phi) is 4.97. The first kappa shape index (κ1) is 13.2. The minimum Gasteiger partial charge on any atom is -0.326 e. The maximum atomic E-state index is 5.59. The lowest BCUT2D eigenvalue weighted by Gasteiger charge is -2.02. The molecule has 0 aliphatic heterocycles. The molecule has 0 bridgehead atoms. The summed E-state index contributed by atoms with van der Waals surface area (Å²) in [5.74, 6) is 0.519. The van der Waals surface area contributed by atoms with Gasteiger partial charge in [0.1, 0.15) is 0 Å². The average Bonchev–Trinajstić information content (AvgIpc) is 2.29. The zero-order chi connectivity index (χ0) is 10.7. The van der Waals surface area contributed by atoms with Crippen LogP contribution in [0, 0.1) is 3.57 Å². The SMILES string of the molecule is Cl.NCc1cc(I)cc(-c2nncnn2)c1. The zero-order valence-corrected chi connectivity index (χ0v) is 11.1. The second-order valence-corrected chi connectivity index (χ2v) is 4.17. The predicted molar refractivity (Wildman–Crippen MR) is 70.9 cm³/mol. The van der Waals surface area contributed by atoms with Gasteiger partial charge in [-0.3, -0.25) is 0 Å². The van der Waals surface area contributed by atoms with Crippen LogP contribution in [0.15, 0.2) is 24.5 Å². The number of rotatable bonds is 2. The van der Waals surface area contributed by atoms with Crippen LogP contribution in [0.2, 0.25) is 0 Å². The molecule has 0 unspecified atom stereocenters. The van der Waals surface area contributed by atoms with Crippen molar-refractivity contribution in [3.05, 3.63) is 33.7 Å². The van der Waals surface area contributed by atoms with Gasteiger partial charge in [0.15, 0.2) is 6.33 Å². The van der Waals surface area contributed by atoms with E-state index >= 15 is 0 Å². The maximum absolute atomic E-state index is 5.59. The predicted octanol–water partition coefficient (Wildman–Crippen LogP) is 1.42. The van der Waals surface area contributed by atoms with Crippen LogP contribution in [0.4, 0.5) is 0 Å². The van der Waals surface area contributed by atoms with Crippen molar-refractivity contribution in [2.24, 2.45) is 5.73 Å². The molecule has 0 saturated carbocycles. The fourth-order valence-corrected chi connectivity index (χ4v) is 1.95. The standard InChI is InChI=1S/C9H8IN5.ClH/c10-8-2-6(4-11)1-7(3-8)9-14-12-5-13-15-9;/h1-3,5H,4,11H2;1H. The van der Waals surface area contributed by atoms with Gasteiger partial charge in [-0.15, -0.1) is 32.8 Å². The maximum Gasteiger partial charge on any atom is 0.203 e. The summed E-state index contributed by atoms with van der Waals surface area (Å²) in [5.41, 5.74) is 7.53. The minimum atomic E-state index is 0. The summed E-state index contributed by atoms with van der Waals surface area (Å²) in [6.45, 7) is 0.498. The van der Waals surface area contributed by atoms with Gasteiger partial charge in [0.25, 0.3) is 0 Å². The highest BCUT2D eigenvalue weighted by Crippen LogP contribution is 2.19. The number of halogens is 2. The summed E-state index contributed by atoms with van der Waals surface area (Å²) in [6.07, 6.45) is 1.31. The van der Waals surface area contributed by atoms with Crippen molar-refractivity contribution in [3.63, 3.8) is 0 Å². The Bertz CT molecular complexity index is 465. The number of aromatic nitrogens is 4. The number of hydrogen-bond donors (Lipinski definition) is 1. The van der Waals surface area contributed by atoms with Crippen molar-refractivity contribution < 1.29 is 0 Å². The highest BCUT2D eigenvalue weighted by atomic mass is 127. The van der Waals surface area contributed by atoms with Gasteiger partial charge in [0.2, 0.25) is 5.82 Å². The van der Waals surface area contributed by atoms with E-state index in [2.05, 4.69) is 43.0 Å². The van der Waals surface area contributed by atoms with Crippen LogP contribution < -0.4 is 5.73 Å². The van der Waals surface area contributed by atoms with Gasteiger partial charge in [-0.2, -0.15) is 0 Å². The van der Waals surface area contributed by atoms with Crippen LogP contribution in [0.1, 0.15) is 5.56 Å². The Balaban J connectivity index is 0.00000128. The Morgan fingerprint density at radius 3 is 2.44 bits per heavy atom. The highest BCUT2D eigenvalue weighted by molar-refractivity contribution is 14.1. The van der Waals surface area contributed by atoms with E-state index in [4.69, 9.17) is 5.73 Å². The van der Waals surface area contributed by atoms with Gasteiger partial charge >= 0.3 is 0 Å². The first-order chi connectivity index (χ1) is 7.29. The van der Waals surface area contributed by atoms with Crippen molar-refractivity contribution in [2.45, 2.75) is 6.54 Å².